The van der Waals surface area contributed by atoms with Gasteiger partial charge in [0.1, 0.15) is 0 Å². The molecule has 0 radical (unpaired) electrons. The van der Waals surface area contributed by atoms with E-state index in [0.717, 1.165) is 12.8 Å². The molecule has 2 aliphatic rings. The Hall–Kier alpha value is -2.21. The molecule has 3 rings (SSSR count). The first-order valence-electron chi connectivity index (χ1n) is 6.99. The lowest BCUT2D eigenvalue weighted by atomic mass is 10.1. The summed E-state index contributed by atoms with van der Waals surface area (Å²) in [5.74, 6) is -1.46. The second-order valence-corrected chi connectivity index (χ2v) is 5.41. The zero-order chi connectivity index (χ0) is 15.0. The van der Waals surface area contributed by atoms with Crippen LogP contribution in [0, 0.1) is 0 Å². The van der Waals surface area contributed by atoms with Crippen molar-refractivity contribution < 1.29 is 19.5 Å². The summed E-state index contributed by atoms with van der Waals surface area (Å²) in [6.07, 6.45) is 1.99. The fourth-order valence-corrected chi connectivity index (χ4v) is 2.60. The van der Waals surface area contributed by atoms with Gasteiger partial charge in [0, 0.05) is 12.6 Å². The summed E-state index contributed by atoms with van der Waals surface area (Å²) in [5.41, 5.74) is 0.855. The van der Waals surface area contributed by atoms with Gasteiger partial charge < -0.3 is 5.11 Å². The van der Waals surface area contributed by atoms with Gasteiger partial charge in [-0.3, -0.25) is 24.2 Å². The minimum atomic E-state index is -0.872. The van der Waals surface area contributed by atoms with E-state index >= 15 is 0 Å². The van der Waals surface area contributed by atoms with Crippen molar-refractivity contribution >= 4 is 17.8 Å². The lowest BCUT2D eigenvalue weighted by Crippen LogP contribution is -2.43. The molecule has 1 fully saturated rings. The van der Waals surface area contributed by atoms with Crippen LogP contribution < -0.4 is 0 Å². The van der Waals surface area contributed by atoms with Gasteiger partial charge in [-0.2, -0.15) is 0 Å². The molecule has 0 atom stereocenters. The van der Waals surface area contributed by atoms with Crippen molar-refractivity contribution in [2.75, 3.05) is 13.2 Å². The third-order valence-corrected chi connectivity index (χ3v) is 3.88. The molecular weight excluding hydrogens is 272 g/mol. The van der Waals surface area contributed by atoms with Crippen LogP contribution in [0.2, 0.25) is 0 Å². The van der Waals surface area contributed by atoms with Crippen LogP contribution in [-0.4, -0.2) is 51.9 Å². The molecule has 2 amide bonds. The number of carboxylic acid groups (broad SMARTS) is 1. The Labute approximate surface area is 122 Å². The van der Waals surface area contributed by atoms with Crippen molar-refractivity contribution in [1.82, 2.24) is 9.80 Å². The van der Waals surface area contributed by atoms with E-state index in [1.165, 1.54) is 4.90 Å². The van der Waals surface area contributed by atoms with Gasteiger partial charge in [0.25, 0.3) is 11.8 Å². The SMILES string of the molecule is O=C(O)CCN(CN1C(=O)c2ccccc2C1=O)C1CC1. The van der Waals surface area contributed by atoms with E-state index in [1.54, 1.807) is 24.3 Å². The molecule has 1 aromatic rings. The first-order valence-corrected chi connectivity index (χ1v) is 6.99. The molecule has 0 aromatic heterocycles. The Morgan fingerprint density at radius 1 is 1.19 bits per heavy atom. The topological polar surface area (TPSA) is 77.9 Å². The molecule has 1 aliphatic heterocycles. The van der Waals surface area contributed by atoms with Crippen LogP contribution >= 0.6 is 0 Å². The number of benzene rings is 1. The second-order valence-electron chi connectivity index (χ2n) is 5.41. The van der Waals surface area contributed by atoms with Crippen LogP contribution in [0.4, 0.5) is 0 Å². The third kappa shape index (κ3) is 2.67. The van der Waals surface area contributed by atoms with E-state index in [1.807, 2.05) is 4.90 Å². The van der Waals surface area contributed by atoms with Crippen LogP contribution in [0.5, 0.6) is 0 Å². The zero-order valence-corrected chi connectivity index (χ0v) is 11.5. The Balaban J connectivity index is 1.74. The second kappa shape index (κ2) is 5.29. The quantitative estimate of drug-likeness (QED) is 0.795. The van der Waals surface area contributed by atoms with Gasteiger partial charge >= 0.3 is 5.97 Å². The number of fused-ring (bicyclic) bond motifs is 1. The molecular formula is C15H16N2O4. The van der Waals surface area contributed by atoms with Crippen molar-refractivity contribution in [3.63, 3.8) is 0 Å². The number of carbonyl (C=O) groups excluding carboxylic acids is 2. The highest BCUT2D eigenvalue weighted by Gasteiger charge is 2.38. The Kier molecular flexibility index (Phi) is 3.47. The summed E-state index contributed by atoms with van der Waals surface area (Å²) in [6.45, 7) is 0.525. The molecule has 1 aliphatic carbocycles. The molecule has 0 unspecified atom stereocenters. The van der Waals surface area contributed by atoms with Crippen LogP contribution in [0.25, 0.3) is 0 Å². The lowest BCUT2D eigenvalue weighted by molar-refractivity contribution is -0.137. The fraction of sp³-hybridized carbons (Fsp3) is 0.400. The van der Waals surface area contributed by atoms with Gasteiger partial charge in [0.2, 0.25) is 0 Å². The fourth-order valence-electron chi connectivity index (χ4n) is 2.60. The van der Waals surface area contributed by atoms with Crippen molar-refractivity contribution in [2.45, 2.75) is 25.3 Å². The van der Waals surface area contributed by atoms with Crippen LogP contribution in [0.3, 0.4) is 0 Å². The summed E-state index contributed by atoms with van der Waals surface area (Å²) in [5, 5.41) is 8.80. The predicted octanol–water partition coefficient (Wildman–Crippen LogP) is 1.18. The van der Waals surface area contributed by atoms with Crippen molar-refractivity contribution in [3.05, 3.63) is 35.4 Å². The van der Waals surface area contributed by atoms with Crippen LogP contribution in [0.15, 0.2) is 24.3 Å². The van der Waals surface area contributed by atoms with Gasteiger partial charge in [-0.1, -0.05) is 12.1 Å². The minimum absolute atomic E-state index is 0.0136. The molecule has 1 saturated carbocycles. The summed E-state index contributed by atoms with van der Waals surface area (Å²) in [7, 11) is 0. The van der Waals surface area contributed by atoms with Gasteiger partial charge in [-0.15, -0.1) is 0 Å². The summed E-state index contributed by atoms with van der Waals surface area (Å²) >= 11 is 0. The first-order chi connectivity index (χ1) is 10.1. The minimum Gasteiger partial charge on any atom is -0.481 e. The maximum Gasteiger partial charge on any atom is 0.304 e. The number of amides is 2. The summed E-state index contributed by atoms with van der Waals surface area (Å²) in [4.78, 5) is 38.4. The number of hydrogen-bond acceptors (Lipinski definition) is 4. The Morgan fingerprint density at radius 2 is 1.76 bits per heavy atom. The first kappa shape index (κ1) is 13.8. The zero-order valence-electron chi connectivity index (χ0n) is 11.5. The van der Waals surface area contributed by atoms with Crippen LogP contribution in [-0.2, 0) is 4.79 Å². The number of nitrogens with zero attached hydrogens (tertiary/aromatic N) is 2. The average molecular weight is 288 g/mol. The van der Waals surface area contributed by atoms with Crippen molar-refractivity contribution in [1.29, 1.82) is 0 Å². The van der Waals surface area contributed by atoms with E-state index in [9.17, 15) is 14.4 Å². The van der Waals surface area contributed by atoms with E-state index in [4.69, 9.17) is 5.11 Å². The number of hydrogen-bond donors (Lipinski definition) is 1. The normalized spacial score (nSPS) is 17.5. The predicted molar refractivity (Wildman–Crippen MR) is 73.8 cm³/mol. The number of aliphatic carboxylic acids is 1. The highest BCUT2D eigenvalue weighted by molar-refractivity contribution is 6.21. The molecule has 0 saturated heterocycles. The molecule has 1 N–H and O–H groups in total. The molecule has 6 nitrogen and oxygen atoms in total. The maximum absolute atomic E-state index is 12.3. The van der Waals surface area contributed by atoms with Crippen LogP contribution in [0.1, 0.15) is 40.0 Å². The smallest absolute Gasteiger partial charge is 0.304 e. The van der Waals surface area contributed by atoms with E-state index in [2.05, 4.69) is 0 Å². The van der Waals surface area contributed by atoms with E-state index in [-0.39, 0.29) is 30.9 Å². The van der Waals surface area contributed by atoms with Gasteiger partial charge in [-0.05, 0) is 25.0 Å². The molecule has 110 valence electrons. The number of rotatable bonds is 6. The molecule has 1 heterocycles. The van der Waals surface area contributed by atoms with E-state index in [0.29, 0.717) is 17.7 Å². The largest absolute Gasteiger partial charge is 0.481 e. The monoisotopic (exact) mass is 288 g/mol. The van der Waals surface area contributed by atoms with E-state index < -0.39 is 5.97 Å². The number of carbonyl (C=O) groups is 3. The standard InChI is InChI=1S/C15H16N2O4/c18-13(19)7-8-16(10-5-6-10)9-17-14(20)11-3-1-2-4-12(11)15(17)21/h1-4,10H,5-9H2,(H,18,19). The third-order valence-electron chi connectivity index (χ3n) is 3.88. The summed E-state index contributed by atoms with van der Waals surface area (Å²) < 4.78 is 0. The highest BCUT2D eigenvalue weighted by atomic mass is 16.4. The Bertz CT molecular complexity index is 574. The average Bonchev–Trinajstić information content (AvgIpc) is 3.27. The molecule has 6 heteroatoms. The maximum atomic E-state index is 12.3. The van der Waals surface area contributed by atoms with Gasteiger partial charge in [-0.25, -0.2) is 0 Å². The molecule has 21 heavy (non-hydrogen) atoms. The van der Waals surface area contributed by atoms with Gasteiger partial charge in [0.15, 0.2) is 0 Å². The summed E-state index contributed by atoms with van der Waals surface area (Å²) in [6, 6.07) is 7.05. The number of carboxylic acids is 1. The molecule has 1 aromatic carbocycles. The van der Waals surface area contributed by atoms with Crippen molar-refractivity contribution in [3.8, 4) is 0 Å². The molecule has 0 spiro atoms. The Morgan fingerprint density at radius 3 is 2.24 bits per heavy atom. The lowest BCUT2D eigenvalue weighted by Gasteiger charge is -2.26. The van der Waals surface area contributed by atoms with Gasteiger partial charge in [0.05, 0.1) is 24.2 Å². The molecule has 0 bridgehead atoms. The number of imide groups is 1. The van der Waals surface area contributed by atoms with Crippen molar-refractivity contribution in [2.24, 2.45) is 0 Å². The highest BCUT2D eigenvalue weighted by Crippen LogP contribution is 2.29.